The molecule has 15 heavy (non-hydrogen) atoms. The van der Waals surface area contributed by atoms with Gasteiger partial charge in [0, 0.05) is 11.9 Å². The molecule has 1 aliphatic carbocycles. The molecule has 0 saturated heterocycles. The first-order valence-corrected chi connectivity index (χ1v) is 6.65. The summed E-state index contributed by atoms with van der Waals surface area (Å²) in [5.74, 6) is 0.786. The maximum Gasteiger partial charge on any atom is 0.0829 e. The highest BCUT2D eigenvalue weighted by Crippen LogP contribution is 2.29. The zero-order chi connectivity index (χ0) is 10.7. The molecule has 84 valence electrons. The molecule has 0 radical (unpaired) electrons. The Labute approximate surface area is 99.4 Å². The average molecular weight is 272 g/mol. The molecule has 0 bridgehead atoms. The lowest BCUT2D eigenvalue weighted by atomic mass is 9.95. The van der Waals surface area contributed by atoms with E-state index in [-0.39, 0.29) is 0 Å². The number of aryl methyl sites for hydroxylation is 1. The summed E-state index contributed by atoms with van der Waals surface area (Å²) in [4.78, 5) is 2.36. The van der Waals surface area contributed by atoms with Crippen molar-refractivity contribution in [1.29, 1.82) is 0 Å². The van der Waals surface area contributed by atoms with Gasteiger partial charge in [0.05, 0.1) is 11.9 Å². The molecule has 0 amide bonds. The number of aromatic nitrogens is 3. The van der Waals surface area contributed by atoms with Gasteiger partial charge >= 0.3 is 0 Å². The summed E-state index contributed by atoms with van der Waals surface area (Å²) in [5, 5.41) is 8.47. The second-order valence-corrected chi connectivity index (χ2v) is 5.81. The van der Waals surface area contributed by atoms with Gasteiger partial charge in [-0.1, -0.05) is 35.2 Å². The van der Waals surface area contributed by atoms with Crippen LogP contribution in [0.4, 0.5) is 0 Å². The Balaban J connectivity index is 1.92. The lowest BCUT2D eigenvalue weighted by Crippen LogP contribution is -2.09. The Morgan fingerprint density at radius 3 is 3.00 bits per heavy atom. The third-order valence-electron chi connectivity index (χ3n) is 3.11. The smallest absolute Gasteiger partial charge is 0.0829 e. The van der Waals surface area contributed by atoms with E-state index in [1.807, 2.05) is 13.2 Å². The van der Waals surface area contributed by atoms with Crippen molar-refractivity contribution in [3.05, 3.63) is 11.9 Å². The van der Waals surface area contributed by atoms with Crippen LogP contribution in [0.3, 0.4) is 0 Å². The topological polar surface area (TPSA) is 30.7 Å². The monoisotopic (exact) mass is 271 g/mol. The fourth-order valence-corrected chi connectivity index (χ4v) is 3.21. The number of hydrogen-bond donors (Lipinski definition) is 0. The second-order valence-electron chi connectivity index (χ2n) is 4.51. The molecule has 1 aliphatic rings. The molecule has 0 spiro atoms. The van der Waals surface area contributed by atoms with Crippen molar-refractivity contribution in [2.45, 2.75) is 43.4 Å². The van der Waals surface area contributed by atoms with Crippen LogP contribution in [0.25, 0.3) is 0 Å². The van der Waals surface area contributed by atoms with Crippen molar-refractivity contribution in [3.8, 4) is 0 Å². The minimum Gasteiger partial charge on any atom is -0.188 e. The van der Waals surface area contributed by atoms with Gasteiger partial charge in [-0.2, -0.15) is 15.0 Å². The van der Waals surface area contributed by atoms with Crippen LogP contribution >= 0.6 is 15.9 Å². The van der Waals surface area contributed by atoms with Gasteiger partial charge in [-0.05, 0) is 25.2 Å². The third kappa shape index (κ3) is 3.30. The normalized spacial score (nSPS) is 27.6. The summed E-state index contributed by atoms with van der Waals surface area (Å²) >= 11 is 3.76. The van der Waals surface area contributed by atoms with Crippen LogP contribution < -0.4 is 0 Å². The Bertz CT molecular complexity index is 311. The van der Waals surface area contributed by atoms with E-state index in [0.29, 0.717) is 4.83 Å². The molecule has 1 heterocycles. The molecular formula is C11H18BrN3. The first kappa shape index (κ1) is 11.1. The predicted molar refractivity (Wildman–Crippen MR) is 64.0 cm³/mol. The van der Waals surface area contributed by atoms with E-state index >= 15 is 0 Å². The lowest BCUT2D eigenvalue weighted by molar-refractivity contribution is 0.456. The average Bonchev–Trinajstić information content (AvgIpc) is 2.46. The molecule has 0 aliphatic heterocycles. The number of rotatable bonds is 2. The van der Waals surface area contributed by atoms with Crippen molar-refractivity contribution in [3.63, 3.8) is 0 Å². The Hall–Kier alpha value is -0.380. The Morgan fingerprint density at radius 2 is 2.27 bits per heavy atom. The van der Waals surface area contributed by atoms with Crippen LogP contribution in [0.2, 0.25) is 0 Å². The highest BCUT2D eigenvalue weighted by molar-refractivity contribution is 9.09. The summed E-state index contributed by atoms with van der Waals surface area (Å²) in [5.41, 5.74) is 1.14. The van der Waals surface area contributed by atoms with Gasteiger partial charge in [0.2, 0.25) is 0 Å². The summed E-state index contributed by atoms with van der Waals surface area (Å²) in [7, 11) is 1.88. The molecule has 1 aromatic rings. The van der Waals surface area contributed by atoms with Gasteiger partial charge in [-0.15, -0.1) is 0 Å². The van der Waals surface area contributed by atoms with Crippen molar-refractivity contribution >= 4 is 15.9 Å². The minimum atomic E-state index is 0.710. The van der Waals surface area contributed by atoms with Gasteiger partial charge in [-0.25, -0.2) is 0 Å². The number of nitrogens with zero attached hydrogens (tertiary/aromatic N) is 3. The van der Waals surface area contributed by atoms with Gasteiger partial charge in [0.15, 0.2) is 0 Å². The van der Waals surface area contributed by atoms with Gasteiger partial charge < -0.3 is 0 Å². The maximum atomic E-state index is 4.35. The maximum absolute atomic E-state index is 4.35. The summed E-state index contributed by atoms with van der Waals surface area (Å²) in [6, 6.07) is 0. The van der Waals surface area contributed by atoms with Crippen LogP contribution in [0.15, 0.2) is 6.20 Å². The fraction of sp³-hybridized carbons (Fsp3) is 0.818. The van der Waals surface area contributed by atoms with E-state index in [4.69, 9.17) is 0 Å². The van der Waals surface area contributed by atoms with Crippen molar-refractivity contribution < 1.29 is 0 Å². The van der Waals surface area contributed by atoms with Crippen LogP contribution in [0, 0.1) is 5.92 Å². The SMILES string of the molecule is Cn1ncc(CC2CCCCC(Br)C2)n1. The van der Waals surface area contributed by atoms with E-state index < -0.39 is 0 Å². The highest BCUT2D eigenvalue weighted by Gasteiger charge is 2.19. The largest absolute Gasteiger partial charge is 0.188 e. The zero-order valence-corrected chi connectivity index (χ0v) is 10.8. The molecule has 0 aromatic carbocycles. The first-order chi connectivity index (χ1) is 7.24. The van der Waals surface area contributed by atoms with Crippen LogP contribution in [0.1, 0.15) is 37.8 Å². The van der Waals surface area contributed by atoms with Crippen molar-refractivity contribution in [2.24, 2.45) is 13.0 Å². The van der Waals surface area contributed by atoms with E-state index in [1.54, 1.807) is 4.80 Å². The van der Waals surface area contributed by atoms with Gasteiger partial charge in [-0.3, -0.25) is 0 Å². The molecular weight excluding hydrogens is 254 g/mol. The molecule has 1 fully saturated rings. The first-order valence-electron chi connectivity index (χ1n) is 5.73. The molecule has 3 nitrogen and oxygen atoms in total. The summed E-state index contributed by atoms with van der Waals surface area (Å²) < 4.78 is 0. The molecule has 4 heteroatoms. The van der Waals surface area contributed by atoms with Crippen LogP contribution in [-0.2, 0) is 13.5 Å². The Kier molecular flexibility index (Phi) is 3.78. The number of alkyl halides is 1. The predicted octanol–water partition coefficient (Wildman–Crippen LogP) is 2.70. The molecule has 2 atom stereocenters. The van der Waals surface area contributed by atoms with E-state index in [9.17, 15) is 0 Å². The van der Waals surface area contributed by atoms with Crippen molar-refractivity contribution in [1.82, 2.24) is 15.0 Å². The number of halogens is 1. The zero-order valence-electron chi connectivity index (χ0n) is 9.19. The molecule has 2 unspecified atom stereocenters. The van der Waals surface area contributed by atoms with Crippen LogP contribution in [-0.4, -0.2) is 19.8 Å². The Morgan fingerprint density at radius 1 is 1.47 bits per heavy atom. The molecule has 1 aromatic heterocycles. The van der Waals surface area contributed by atoms with E-state index in [1.165, 1.54) is 32.1 Å². The third-order valence-corrected chi connectivity index (χ3v) is 3.95. The van der Waals surface area contributed by atoms with Crippen LogP contribution in [0.5, 0.6) is 0 Å². The number of hydrogen-bond acceptors (Lipinski definition) is 2. The quantitative estimate of drug-likeness (QED) is 0.612. The highest BCUT2D eigenvalue weighted by atomic mass is 79.9. The summed E-state index contributed by atoms with van der Waals surface area (Å²) in [6.07, 6.45) is 9.69. The van der Waals surface area contributed by atoms with E-state index in [0.717, 1.165) is 18.0 Å². The fourth-order valence-electron chi connectivity index (χ4n) is 2.36. The second kappa shape index (κ2) is 5.10. The van der Waals surface area contributed by atoms with Gasteiger partial charge in [0.1, 0.15) is 0 Å². The van der Waals surface area contributed by atoms with Gasteiger partial charge in [0.25, 0.3) is 0 Å². The van der Waals surface area contributed by atoms with E-state index in [2.05, 4.69) is 26.1 Å². The molecule has 1 saturated carbocycles. The summed E-state index contributed by atoms with van der Waals surface area (Å²) in [6.45, 7) is 0. The van der Waals surface area contributed by atoms with Crippen molar-refractivity contribution in [2.75, 3.05) is 0 Å². The molecule has 2 rings (SSSR count). The standard InChI is InChI=1S/C11H18BrN3/c1-15-13-8-11(14-15)7-9-4-2-3-5-10(12)6-9/h8-10H,2-7H2,1H3. The molecule has 0 N–H and O–H groups in total. The lowest BCUT2D eigenvalue weighted by Gasteiger charge is -2.14. The minimum absolute atomic E-state index is 0.710.